The largest absolute Gasteiger partial charge is 0.383 e. The molecule has 0 spiro atoms. The average Bonchev–Trinajstić information content (AvgIpc) is 2.74. The molecule has 29 heavy (non-hydrogen) atoms. The number of aromatic nitrogens is 3. The first kappa shape index (κ1) is 19.0. The lowest BCUT2D eigenvalue weighted by atomic mass is 10.00. The highest BCUT2D eigenvalue weighted by molar-refractivity contribution is 9.10. The van der Waals surface area contributed by atoms with Crippen molar-refractivity contribution in [3.05, 3.63) is 65.4 Å². The molecule has 6 nitrogen and oxygen atoms in total. The van der Waals surface area contributed by atoms with E-state index in [1.54, 1.807) is 4.90 Å². The molecule has 2 aromatic carbocycles. The van der Waals surface area contributed by atoms with E-state index < -0.39 is 0 Å². The summed E-state index contributed by atoms with van der Waals surface area (Å²) in [6.07, 6.45) is 2.25. The lowest BCUT2D eigenvalue weighted by molar-refractivity contribution is -0.107. The number of amides is 1. The molecule has 2 N–H and O–H groups in total. The first-order valence-corrected chi connectivity index (χ1v) is 9.89. The number of benzene rings is 2. The second-order valence-corrected chi connectivity index (χ2v) is 7.38. The third-order valence-corrected chi connectivity index (χ3v) is 5.22. The molecule has 0 radical (unpaired) electrons. The standard InChI is InChI=1S/C22H18BrN5O/c1-2-28(13-29)17-8-6-14(7-9-17)19-11-18(15-4-3-5-16(23)10-15)20-21(24)25-12-26-22(20)27-19/h3-13H,2H2,1H3,(H2,24,25,26,27). The summed E-state index contributed by atoms with van der Waals surface area (Å²) in [7, 11) is 0. The molecule has 0 fully saturated rings. The number of carbonyl (C=O) groups excluding carboxylic acids is 1. The van der Waals surface area contributed by atoms with E-state index in [1.165, 1.54) is 6.33 Å². The number of pyridine rings is 1. The molecule has 7 heteroatoms. The molecule has 0 aliphatic rings. The van der Waals surface area contributed by atoms with Crippen LogP contribution >= 0.6 is 15.9 Å². The maximum absolute atomic E-state index is 11.2. The number of nitrogen functional groups attached to an aromatic ring is 1. The molecule has 0 aliphatic carbocycles. The highest BCUT2D eigenvalue weighted by Crippen LogP contribution is 2.34. The fourth-order valence-electron chi connectivity index (χ4n) is 3.26. The molecule has 0 unspecified atom stereocenters. The fraction of sp³-hybridized carbons (Fsp3) is 0.0909. The summed E-state index contributed by atoms with van der Waals surface area (Å²) in [6, 6.07) is 17.7. The highest BCUT2D eigenvalue weighted by atomic mass is 79.9. The second-order valence-electron chi connectivity index (χ2n) is 6.46. The minimum absolute atomic E-state index is 0.393. The monoisotopic (exact) mass is 447 g/mol. The number of rotatable bonds is 5. The van der Waals surface area contributed by atoms with Crippen LogP contribution in [0.4, 0.5) is 11.5 Å². The molecular weight excluding hydrogens is 430 g/mol. The van der Waals surface area contributed by atoms with Crippen molar-refractivity contribution >= 4 is 44.9 Å². The Morgan fingerprint density at radius 1 is 1.07 bits per heavy atom. The molecule has 144 valence electrons. The first-order chi connectivity index (χ1) is 14.1. The van der Waals surface area contributed by atoms with Crippen molar-refractivity contribution in [2.24, 2.45) is 0 Å². The normalized spacial score (nSPS) is 10.8. The van der Waals surface area contributed by atoms with Gasteiger partial charge < -0.3 is 10.6 Å². The van der Waals surface area contributed by atoms with Crippen LogP contribution < -0.4 is 10.6 Å². The van der Waals surface area contributed by atoms with Crippen LogP contribution in [-0.4, -0.2) is 27.9 Å². The Labute approximate surface area is 176 Å². The SMILES string of the molecule is CCN(C=O)c1ccc(-c2cc(-c3cccc(Br)c3)c3c(N)ncnc3n2)cc1. The predicted molar refractivity (Wildman–Crippen MR) is 119 cm³/mol. The van der Waals surface area contributed by atoms with E-state index in [-0.39, 0.29) is 0 Å². The van der Waals surface area contributed by atoms with Gasteiger partial charge in [0.25, 0.3) is 0 Å². The Morgan fingerprint density at radius 3 is 2.55 bits per heavy atom. The molecule has 0 saturated heterocycles. The van der Waals surface area contributed by atoms with E-state index in [0.717, 1.165) is 44.3 Å². The third kappa shape index (κ3) is 3.69. The summed E-state index contributed by atoms with van der Waals surface area (Å²) >= 11 is 3.53. The van der Waals surface area contributed by atoms with Crippen LogP contribution in [0.2, 0.25) is 0 Å². The Kier molecular flexibility index (Phi) is 5.22. The predicted octanol–water partition coefficient (Wildman–Crippen LogP) is 4.69. The van der Waals surface area contributed by atoms with Gasteiger partial charge in [0.05, 0.1) is 11.1 Å². The zero-order chi connectivity index (χ0) is 20.4. The van der Waals surface area contributed by atoms with Gasteiger partial charge in [-0.25, -0.2) is 15.0 Å². The summed E-state index contributed by atoms with van der Waals surface area (Å²) < 4.78 is 0.967. The average molecular weight is 448 g/mol. The van der Waals surface area contributed by atoms with E-state index >= 15 is 0 Å². The molecule has 0 saturated carbocycles. The molecule has 0 aliphatic heterocycles. The van der Waals surface area contributed by atoms with Gasteiger partial charge in [-0.15, -0.1) is 0 Å². The lowest BCUT2D eigenvalue weighted by Gasteiger charge is -2.15. The van der Waals surface area contributed by atoms with Crippen molar-refractivity contribution < 1.29 is 4.79 Å². The maximum atomic E-state index is 11.2. The summed E-state index contributed by atoms with van der Waals surface area (Å²) in [5.74, 6) is 0.393. The van der Waals surface area contributed by atoms with E-state index in [0.29, 0.717) is 18.0 Å². The van der Waals surface area contributed by atoms with Crippen LogP contribution in [0.5, 0.6) is 0 Å². The maximum Gasteiger partial charge on any atom is 0.214 e. The van der Waals surface area contributed by atoms with E-state index in [1.807, 2.05) is 61.5 Å². The van der Waals surface area contributed by atoms with Gasteiger partial charge in [0.2, 0.25) is 6.41 Å². The molecule has 2 aromatic heterocycles. The topological polar surface area (TPSA) is 85.0 Å². The van der Waals surface area contributed by atoms with Gasteiger partial charge in [-0.3, -0.25) is 4.79 Å². The molecule has 0 bridgehead atoms. The van der Waals surface area contributed by atoms with Gasteiger partial charge in [-0.2, -0.15) is 0 Å². The number of nitrogens with two attached hydrogens (primary N) is 1. The van der Waals surface area contributed by atoms with Crippen molar-refractivity contribution in [3.8, 4) is 22.4 Å². The van der Waals surface area contributed by atoms with Crippen molar-refractivity contribution in [1.29, 1.82) is 0 Å². The summed E-state index contributed by atoms with van der Waals surface area (Å²) in [6.45, 7) is 2.54. The number of halogens is 1. The van der Waals surface area contributed by atoms with Crippen LogP contribution in [0, 0.1) is 0 Å². The van der Waals surface area contributed by atoms with Gasteiger partial charge in [0.1, 0.15) is 12.1 Å². The minimum atomic E-state index is 0.393. The Morgan fingerprint density at radius 2 is 1.86 bits per heavy atom. The smallest absolute Gasteiger partial charge is 0.214 e. The molecule has 1 amide bonds. The van der Waals surface area contributed by atoms with Crippen LogP contribution in [-0.2, 0) is 4.79 Å². The molecule has 2 heterocycles. The van der Waals surface area contributed by atoms with E-state index in [2.05, 4.69) is 25.9 Å². The molecule has 0 atom stereocenters. The summed E-state index contributed by atoms with van der Waals surface area (Å²) in [5.41, 5.74) is 11.1. The number of anilines is 2. The zero-order valence-corrected chi connectivity index (χ0v) is 17.3. The Balaban J connectivity index is 1.89. The third-order valence-electron chi connectivity index (χ3n) is 4.73. The zero-order valence-electron chi connectivity index (χ0n) is 15.7. The van der Waals surface area contributed by atoms with Gasteiger partial charge in [0.15, 0.2) is 5.65 Å². The van der Waals surface area contributed by atoms with E-state index in [4.69, 9.17) is 10.7 Å². The number of carbonyl (C=O) groups is 1. The number of nitrogens with zero attached hydrogens (tertiary/aromatic N) is 4. The summed E-state index contributed by atoms with van der Waals surface area (Å²) in [4.78, 5) is 26.0. The van der Waals surface area contributed by atoms with Gasteiger partial charge in [0, 0.05) is 22.3 Å². The van der Waals surface area contributed by atoms with Crippen LogP contribution in [0.3, 0.4) is 0 Å². The highest BCUT2D eigenvalue weighted by Gasteiger charge is 2.14. The lowest BCUT2D eigenvalue weighted by Crippen LogP contribution is -2.19. The number of fused-ring (bicyclic) bond motifs is 1. The second kappa shape index (κ2) is 7.97. The van der Waals surface area contributed by atoms with Crippen molar-refractivity contribution in [2.75, 3.05) is 17.2 Å². The minimum Gasteiger partial charge on any atom is -0.383 e. The van der Waals surface area contributed by atoms with Crippen molar-refractivity contribution in [3.63, 3.8) is 0 Å². The van der Waals surface area contributed by atoms with Gasteiger partial charge >= 0.3 is 0 Å². The molecular formula is C22H18BrN5O. The number of hydrogen-bond donors (Lipinski definition) is 1. The molecule has 4 aromatic rings. The summed E-state index contributed by atoms with van der Waals surface area (Å²) in [5, 5.41) is 0.726. The van der Waals surface area contributed by atoms with E-state index in [9.17, 15) is 4.79 Å². The van der Waals surface area contributed by atoms with Gasteiger partial charge in [-0.1, -0.05) is 40.2 Å². The van der Waals surface area contributed by atoms with Crippen molar-refractivity contribution in [1.82, 2.24) is 15.0 Å². The first-order valence-electron chi connectivity index (χ1n) is 9.10. The number of hydrogen-bond acceptors (Lipinski definition) is 5. The van der Waals surface area contributed by atoms with Crippen LogP contribution in [0.25, 0.3) is 33.4 Å². The Bertz CT molecular complexity index is 1190. The van der Waals surface area contributed by atoms with Gasteiger partial charge in [-0.05, 0) is 48.4 Å². The molecule has 4 rings (SSSR count). The van der Waals surface area contributed by atoms with Crippen LogP contribution in [0.1, 0.15) is 6.92 Å². The van der Waals surface area contributed by atoms with Crippen LogP contribution in [0.15, 0.2) is 65.4 Å². The quantitative estimate of drug-likeness (QED) is 0.448. The van der Waals surface area contributed by atoms with Crippen molar-refractivity contribution in [2.45, 2.75) is 6.92 Å². The fourth-order valence-corrected chi connectivity index (χ4v) is 3.66. The Hall–Kier alpha value is -3.32.